The average Bonchev–Trinajstić information content (AvgIpc) is 3.10. The largest absolute Gasteiger partial charge is 0.478 e. The van der Waals surface area contributed by atoms with E-state index in [1.54, 1.807) is 6.07 Å². The van der Waals surface area contributed by atoms with Crippen molar-refractivity contribution in [2.75, 3.05) is 5.75 Å². The van der Waals surface area contributed by atoms with Crippen molar-refractivity contribution in [1.29, 1.82) is 0 Å². The van der Waals surface area contributed by atoms with Gasteiger partial charge in [-0.3, -0.25) is 0 Å². The molecule has 0 heterocycles. The molecule has 1 aliphatic rings. The molecule has 0 spiro atoms. The maximum Gasteiger partial charge on any atom is 0.337 e. The van der Waals surface area contributed by atoms with E-state index < -0.39 is 15.8 Å². The second kappa shape index (κ2) is 4.49. The van der Waals surface area contributed by atoms with Crippen LogP contribution < -0.4 is 0 Å². The monoisotopic (exact) mass is 254 g/mol. The lowest BCUT2D eigenvalue weighted by atomic mass is 10.2. The van der Waals surface area contributed by atoms with Crippen LogP contribution in [0, 0.1) is 5.92 Å². The van der Waals surface area contributed by atoms with E-state index in [9.17, 15) is 13.2 Å². The smallest absolute Gasteiger partial charge is 0.337 e. The summed E-state index contributed by atoms with van der Waals surface area (Å²) < 4.78 is 24.1. The molecule has 92 valence electrons. The molecule has 4 nitrogen and oxygen atoms in total. The van der Waals surface area contributed by atoms with Gasteiger partial charge in [-0.1, -0.05) is 25.0 Å². The molecule has 5 heteroatoms. The number of carbonyl (C=O) groups is 1. The van der Waals surface area contributed by atoms with Gasteiger partial charge in [-0.05, 0) is 24.5 Å². The summed E-state index contributed by atoms with van der Waals surface area (Å²) in [5.74, 6) is -0.639. The molecule has 0 radical (unpaired) electrons. The minimum Gasteiger partial charge on any atom is -0.478 e. The molecule has 0 aliphatic heterocycles. The van der Waals surface area contributed by atoms with Crippen molar-refractivity contribution >= 4 is 15.8 Å². The normalized spacial score (nSPS) is 15.8. The summed E-state index contributed by atoms with van der Waals surface area (Å²) in [7, 11) is -3.47. The van der Waals surface area contributed by atoms with Crippen LogP contribution in [0.1, 0.15) is 29.6 Å². The van der Waals surface area contributed by atoms with Gasteiger partial charge in [0.25, 0.3) is 0 Å². The first-order chi connectivity index (χ1) is 8.00. The Morgan fingerprint density at radius 3 is 2.53 bits per heavy atom. The molecular weight excluding hydrogens is 240 g/mol. The summed E-state index contributed by atoms with van der Waals surface area (Å²) in [5, 5.41) is 8.95. The number of rotatable bonds is 5. The summed E-state index contributed by atoms with van der Waals surface area (Å²) in [6.07, 6.45) is 2.82. The highest BCUT2D eigenvalue weighted by atomic mass is 32.2. The molecule has 1 aromatic rings. The molecule has 0 atom stereocenters. The van der Waals surface area contributed by atoms with Crippen molar-refractivity contribution in [3.05, 3.63) is 29.8 Å². The van der Waals surface area contributed by atoms with Crippen molar-refractivity contribution < 1.29 is 18.3 Å². The molecule has 0 amide bonds. The summed E-state index contributed by atoms with van der Waals surface area (Å²) in [6, 6.07) is 5.78. The lowest BCUT2D eigenvalue weighted by Gasteiger charge is -2.06. The third-order valence-electron chi connectivity index (χ3n) is 2.94. The summed E-state index contributed by atoms with van der Waals surface area (Å²) in [5.41, 5.74) is -0.136. The van der Waals surface area contributed by atoms with E-state index >= 15 is 0 Å². The molecular formula is C12H14O4S. The highest BCUT2D eigenvalue weighted by Crippen LogP contribution is 2.33. The van der Waals surface area contributed by atoms with Crippen LogP contribution in [0.3, 0.4) is 0 Å². The van der Waals surface area contributed by atoms with Crippen LogP contribution in [0.15, 0.2) is 29.2 Å². The predicted molar refractivity (Wildman–Crippen MR) is 62.8 cm³/mol. The lowest BCUT2D eigenvalue weighted by Crippen LogP contribution is -2.12. The van der Waals surface area contributed by atoms with Gasteiger partial charge in [0.2, 0.25) is 0 Å². The van der Waals surface area contributed by atoms with Crippen molar-refractivity contribution in [2.24, 2.45) is 5.92 Å². The van der Waals surface area contributed by atoms with Gasteiger partial charge in [0, 0.05) is 0 Å². The Labute approximate surface area is 100 Å². The molecule has 2 rings (SSSR count). The fourth-order valence-electron chi connectivity index (χ4n) is 1.75. The molecule has 1 fully saturated rings. The number of carboxylic acid groups (broad SMARTS) is 1. The SMILES string of the molecule is O=C(O)c1ccccc1S(=O)(=O)CCC1CC1. The molecule has 1 N–H and O–H groups in total. The Hall–Kier alpha value is -1.36. The van der Waals surface area contributed by atoms with Crippen LogP contribution in [-0.2, 0) is 9.84 Å². The Balaban J connectivity index is 2.27. The number of hydrogen-bond donors (Lipinski definition) is 1. The fraction of sp³-hybridized carbons (Fsp3) is 0.417. The van der Waals surface area contributed by atoms with E-state index in [2.05, 4.69) is 0 Å². The topological polar surface area (TPSA) is 71.4 Å². The van der Waals surface area contributed by atoms with Gasteiger partial charge >= 0.3 is 5.97 Å². The van der Waals surface area contributed by atoms with Gasteiger partial charge in [0.05, 0.1) is 16.2 Å². The van der Waals surface area contributed by atoms with Crippen LogP contribution in [0.5, 0.6) is 0 Å². The van der Waals surface area contributed by atoms with Gasteiger partial charge in [0.1, 0.15) is 0 Å². The first-order valence-corrected chi connectivity index (χ1v) is 7.21. The second-order valence-electron chi connectivity index (χ2n) is 4.35. The Kier molecular flexibility index (Phi) is 3.19. The van der Waals surface area contributed by atoms with Crippen molar-refractivity contribution in [3.8, 4) is 0 Å². The molecule has 1 saturated carbocycles. The molecule has 17 heavy (non-hydrogen) atoms. The molecule has 0 aromatic heterocycles. The van der Waals surface area contributed by atoms with Crippen molar-refractivity contribution in [2.45, 2.75) is 24.2 Å². The minimum atomic E-state index is -3.47. The van der Waals surface area contributed by atoms with Gasteiger partial charge in [-0.25, -0.2) is 13.2 Å². The molecule has 0 unspecified atom stereocenters. The number of carboxylic acids is 1. The zero-order valence-corrected chi connectivity index (χ0v) is 10.1. The van der Waals surface area contributed by atoms with Crippen LogP contribution in [0.4, 0.5) is 0 Å². The predicted octanol–water partition coefficient (Wildman–Crippen LogP) is 1.96. The first-order valence-electron chi connectivity index (χ1n) is 5.56. The Morgan fingerprint density at radius 2 is 1.94 bits per heavy atom. The lowest BCUT2D eigenvalue weighted by molar-refractivity contribution is 0.0692. The first kappa shape index (κ1) is 12.1. The molecule has 1 aliphatic carbocycles. The number of benzene rings is 1. The highest BCUT2D eigenvalue weighted by Gasteiger charge is 2.27. The zero-order chi connectivity index (χ0) is 12.5. The highest BCUT2D eigenvalue weighted by molar-refractivity contribution is 7.91. The third-order valence-corrected chi connectivity index (χ3v) is 4.74. The van der Waals surface area contributed by atoms with Crippen LogP contribution in [0.25, 0.3) is 0 Å². The Morgan fingerprint density at radius 1 is 1.29 bits per heavy atom. The van der Waals surface area contributed by atoms with E-state index in [-0.39, 0.29) is 16.2 Å². The van der Waals surface area contributed by atoms with Crippen LogP contribution >= 0.6 is 0 Å². The number of sulfone groups is 1. The minimum absolute atomic E-state index is 0.0436. The summed E-state index contributed by atoms with van der Waals surface area (Å²) in [4.78, 5) is 10.9. The Bertz CT molecular complexity index is 529. The standard InChI is InChI=1S/C12H14O4S/c13-12(14)10-3-1-2-4-11(10)17(15,16)8-7-9-5-6-9/h1-4,9H,5-8H2,(H,13,14). The van der Waals surface area contributed by atoms with Crippen LogP contribution in [0.2, 0.25) is 0 Å². The zero-order valence-electron chi connectivity index (χ0n) is 9.30. The van der Waals surface area contributed by atoms with Gasteiger partial charge in [-0.15, -0.1) is 0 Å². The molecule has 1 aromatic carbocycles. The van der Waals surface area contributed by atoms with E-state index in [4.69, 9.17) is 5.11 Å². The second-order valence-corrected chi connectivity index (χ2v) is 6.43. The quantitative estimate of drug-likeness (QED) is 0.871. The molecule has 0 saturated heterocycles. The van der Waals surface area contributed by atoms with E-state index in [1.807, 2.05) is 0 Å². The molecule has 0 bridgehead atoms. The average molecular weight is 254 g/mol. The third kappa shape index (κ3) is 2.85. The maximum atomic E-state index is 12.0. The van der Waals surface area contributed by atoms with E-state index in [1.165, 1.54) is 18.2 Å². The van der Waals surface area contributed by atoms with Gasteiger partial charge in [-0.2, -0.15) is 0 Å². The van der Waals surface area contributed by atoms with E-state index in [0.717, 1.165) is 12.8 Å². The van der Waals surface area contributed by atoms with Crippen molar-refractivity contribution in [1.82, 2.24) is 0 Å². The number of aromatic carboxylic acids is 1. The summed E-state index contributed by atoms with van der Waals surface area (Å²) >= 11 is 0. The number of hydrogen-bond acceptors (Lipinski definition) is 3. The van der Waals surface area contributed by atoms with Gasteiger partial charge in [0.15, 0.2) is 9.84 Å². The van der Waals surface area contributed by atoms with Crippen molar-refractivity contribution in [3.63, 3.8) is 0 Å². The van der Waals surface area contributed by atoms with E-state index in [0.29, 0.717) is 12.3 Å². The fourth-order valence-corrected chi connectivity index (χ4v) is 3.39. The van der Waals surface area contributed by atoms with Crippen LogP contribution in [-0.4, -0.2) is 25.2 Å². The maximum absolute atomic E-state index is 12.0. The summed E-state index contributed by atoms with van der Waals surface area (Å²) in [6.45, 7) is 0. The van der Waals surface area contributed by atoms with Gasteiger partial charge < -0.3 is 5.11 Å².